The Kier molecular flexibility index (Phi) is 6.53. The first-order valence-electron chi connectivity index (χ1n) is 6.96. The van der Waals surface area contributed by atoms with Gasteiger partial charge in [-0.2, -0.15) is 23.5 Å². The van der Waals surface area contributed by atoms with E-state index in [1.807, 2.05) is 29.6 Å². The van der Waals surface area contributed by atoms with Gasteiger partial charge in [0.25, 0.3) is 5.91 Å². The van der Waals surface area contributed by atoms with E-state index in [0.717, 1.165) is 31.0 Å². The van der Waals surface area contributed by atoms with Crippen LogP contribution in [-0.4, -0.2) is 46.5 Å². The van der Waals surface area contributed by atoms with Gasteiger partial charge in [-0.15, -0.1) is 0 Å². The second-order valence-electron chi connectivity index (χ2n) is 4.63. The van der Waals surface area contributed by atoms with Crippen molar-refractivity contribution in [3.05, 3.63) is 24.0 Å². The molecule has 2 N–H and O–H groups in total. The van der Waals surface area contributed by atoms with Crippen LogP contribution in [0.15, 0.2) is 18.5 Å². The van der Waals surface area contributed by atoms with Gasteiger partial charge < -0.3 is 10.6 Å². The molecule has 0 saturated carbocycles. The number of nitrogens with zero attached hydrogens (tertiary/aromatic N) is 1. The van der Waals surface area contributed by atoms with Crippen molar-refractivity contribution in [1.29, 1.82) is 0 Å². The van der Waals surface area contributed by atoms with E-state index in [2.05, 4.69) is 22.5 Å². The van der Waals surface area contributed by atoms with Crippen LogP contribution >= 0.6 is 23.5 Å². The van der Waals surface area contributed by atoms with Gasteiger partial charge in [0.2, 0.25) is 0 Å². The minimum Gasteiger partial charge on any atom is -0.384 e. The molecule has 20 heavy (non-hydrogen) atoms. The molecule has 0 aliphatic carbocycles. The molecular weight excluding hydrogens is 290 g/mol. The number of thioether (sulfide) groups is 2. The summed E-state index contributed by atoms with van der Waals surface area (Å²) in [6, 6.07) is 1.86. The van der Waals surface area contributed by atoms with Crippen molar-refractivity contribution in [2.75, 3.05) is 35.7 Å². The van der Waals surface area contributed by atoms with Crippen LogP contribution in [0.2, 0.25) is 0 Å². The maximum Gasteiger partial charge on any atom is 0.254 e. The first-order chi connectivity index (χ1) is 9.81. The number of hydrogen-bond acceptors (Lipinski definition) is 5. The van der Waals surface area contributed by atoms with Gasteiger partial charge in [-0.1, -0.05) is 6.92 Å². The van der Waals surface area contributed by atoms with Crippen LogP contribution in [0.4, 0.5) is 5.69 Å². The van der Waals surface area contributed by atoms with Gasteiger partial charge >= 0.3 is 0 Å². The van der Waals surface area contributed by atoms with E-state index in [1.165, 1.54) is 11.5 Å². The summed E-state index contributed by atoms with van der Waals surface area (Å²) >= 11 is 3.92. The normalized spacial score (nSPS) is 18.6. The number of carbonyl (C=O) groups is 1. The molecule has 1 aromatic heterocycles. The monoisotopic (exact) mass is 311 g/mol. The molecule has 4 nitrogen and oxygen atoms in total. The molecule has 0 spiro atoms. The standard InChI is InChI=1S/C14H21N3OS2/c1-2-4-16-13-3-5-15-9-12(13)14(18)17-8-11-10-19-6-7-20-11/h3,5,9,11H,2,4,6-8,10H2,1H3,(H,15,16)(H,17,18). The lowest BCUT2D eigenvalue weighted by molar-refractivity contribution is 0.0954. The Morgan fingerprint density at radius 1 is 1.50 bits per heavy atom. The van der Waals surface area contributed by atoms with Crippen molar-refractivity contribution in [1.82, 2.24) is 10.3 Å². The highest BCUT2D eigenvalue weighted by Crippen LogP contribution is 2.23. The largest absolute Gasteiger partial charge is 0.384 e. The Hall–Kier alpha value is -0.880. The van der Waals surface area contributed by atoms with Gasteiger partial charge in [0.1, 0.15) is 0 Å². The summed E-state index contributed by atoms with van der Waals surface area (Å²) in [4.78, 5) is 16.3. The lowest BCUT2D eigenvalue weighted by Gasteiger charge is -2.21. The molecule has 1 aliphatic rings. The molecule has 1 amide bonds. The first-order valence-corrected chi connectivity index (χ1v) is 9.17. The average molecular weight is 311 g/mol. The number of carbonyl (C=O) groups excluding carboxylic acids is 1. The van der Waals surface area contributed by atoms with E-state index < -0.39 is 0 Å². The van der Waals surface area contributed by atoms with Crippen molar-refractivity contribution in [3.63, 3.8) is 0 Å². The predicted molar refractivity (Wildman–Crippen MR) is 88.9 cm³/mol. The summed E-state index contributed by atoms with van der Waals surface area (Å²) in [7, 11) is 0. The van der Waals surface area contributed by atoms with Crippen LogP contribution in [-0.2, 0) is 0 Å². The van der Waals surface area contributed by atoms with Crippen molar-refractivity contribution < 1.29 is 4.79 Å². The highest BCUT2D eigenvalue weighted by Gasteiger charge is 2.17. The number of aromatic nitrogens is 1. The SMILES string of the molecule is CCCNc1ccncc1C(=O)NCC1CSCCS1. The Morgan fingerprint density at radius 2 is 2.40 bits per heavy atom. The van der Waals surface area contributed by atoms with Gasteiger partial charge in [0.05, 0.1) is 11.3 Å². The van der Waals surface area contributed by atoms with Crippen LogP contribution in [0, 0.1) is 0 Å². The van der Waals surface area contributed by atoms with Crippen molar-refractivity contribution >= 4 is 35.1 Å². The first kappa shape index (κ1) is 15.5. The number of amides is 1. The fourth-order valence-corrected chi connectivity index (χ4v) is 4.56. The van der Waals surface area contributed by atoms with E-state index in [9.17, 15) is 4.79 Å². The van der Waals surface area contributed by atoms with Crippen molar-refractivity contribution in [3.8, 4) is 0 Å². The van der Waals surface area contributed by atoms with Gasteiger partial charge in [0.15, 0.2) is 0 Å². The number of rotatable bonds is 6. The van der Waals surface area contributed by atoms with Gasteiger partial charge in [0, 0.05) is 48.0 Å². The average Bonchev–Trinajstić information content (AvgIpc) is 2.52. The van der Waals surface area contributed by atoms with Crippen molar-refractivity contribution in [2.24, 2.45) is 0 Å². The summed E-state index contributed by atoms with van der Waals surface area (Å²) in [6.45, 7) is 3.70. The van der Waals surface area contributed by atoms with Gasteiger partial charge in [-0.3, -0.25) is 9.78 Å². The number of hydrogen-bond donors (Lipinski definition) is 2. The minimum atomic E-state index is -0.0344. The Balaban J connectivity index is 1.90. The Bertz CT molecular complexity index is 436. The van der Waals surface area contributed by atoms with Crippen molar-refractivity contribution in [2.45, 2.75) is 18.6 Å². The fraction of sp³-hybridized carbons (Fsp3) is 0.571. The van der Waals surface area contributed by atoms with Crippen LogP contribution in [0.3, 0.4) is 0 Å². The number of nitrogens with one attached hydrogen (secondary N) is 2. The summed E-state index contributed by atoms with van der Waals surface area (Å²) in [5.41, 5.74) is 1.50. The predicted octanol–water partition coefficient (Wildman–Crippen LogP) is 2.48. The third kappa shape index (κ3) is 4.59. The van der Waals surface area contributed by atoms with Gasteiger partial charge in [-0.25, -0.2) is 0 Å². The third-order valence-electron chi connectivity index (χ3n) is 3.01. The molecule has 0 radical (unpaired) electrons. The maximum atomic E-state index is 12.3. The van der Waals surface area contributed by atoms with Crippen LogP contribution in [0.1, 0.15) is 23.7 Å². The molecule has 110 valence electrons. The van der Waals surface area contributed by atoms with Crippen LogP contribution in [0.5, 0.6) is 0 Å². The Labute approximate surface area is 128 Å². The third-order valence-corrected chi connectivity index (χ3v) is 5.85. The highest BCUT2D eigenvalue weighted by atomic mass is 32.2. The zero-order chi connectivity index (χ0) is 14.2. The van der Waals surface area contributed by atoms with E-state index in [4.69, 9.17) is 0 Å². The van der Waals surface area contributed by atoms with E-state index in [1.54, 1.807) is 12.4 Å². The number of pyridine rings is 1. The van der Waals surface area contributed by atoms with Crippen LogP contribution in [0.25, 0.3) is 0 Å². The molecule has 0 aromatic carbocycles. The molecule has 6 heteroatoms. The molecule has 2 rings (SSSR count). The highest BCUT2D eigenvalue weighted by molar-refractivity contribution is 8.06. The topological polar surface area (TPSA) is 54.0 Å². The van der Waals surface area contributed by atoms with E-state index >= 15 is 0 Å². The minimum absolute atomic E-state index is 0.0344. The quantitative estimate of drug-likeness (QED) is 0.845. The molecule has 1 unspecified atom stereocenters. The molecule has 1 fully saturated rings. The second kappa shape index (κ2) is 8.42. The van der Waals surface area contributed by atoms with E-state index in [-0.39, 0.29) is 5.91 Å². The fourth-order valence-electron chi connectivity index (χ4n) is 1.95. The summed E-state index contributed by atoms with van der Waals surface area (Å²) in [6.07, 6.45) is 4.37. The molecule has 1 saturated heterocycles. The zero-order valence-corrected chi connectivity index (χ0v) is 13.4. The summed E-state index contributed by atoms with van der Waals surface area (Å²) < 4.78 is 0. The molecule has 0 bridgehead atoms. The molecular formula is C14H21N3OS2. The molecule has 1 aliphatic heterocycles. The number of anilines is 1. The lowest BCUT2D eigenvalue weighted by Crippen LogP contribution is -2.33. The smallest absolute Gasteiger partial charge is 0.254 e. The second-order valence-corrected chi connectivity index (χ2v) is 7.18. The summed E-state index contributed by atoms with van der Waals surface area (Å²) in [5, 5.41) is 6.83. The zero-order valence-electron chi connectivity index (χ0n) is 11.7. The van der Waals surface area contributed by atoms with Crippen LogP contribution < -0.4 is 10.6 Å². The lowest BCUT2D eigenvalue weighted by atomic mass is 10.2. The molecule has 1 atom stereocenters. The Morgan fingerprint density at radius 3 is 3.15 bits per heavy atom. The molecule has 1 aromatic rings. The van der Waals surface area contributed by atoms with Gasteiger partial charge in [-0.05, 0) is 12.5 Å². The molecule has 2 heterocycles. The van der Waals surface area contributed by atoms with E-state index in [0.29, 0.717) is 10.8 Å². The maximum absolute atomic E-state index is 12.3. The summed E-state index contributed by atoms with van der Waals surface area (Å²) in [5.74, 6) is 3.50.